The van der Waals surface area contributed by atoms with Crippen molar-refractivity contribution < 1.29 is 4.79 Å². The van der Waals surface area contributed by atoms with Gasteiger partial charge in [-0.05, 0) is 13.8 Å². The molecule has 0 fully saturated rings. The maximum absolute atomic E-state index is 11.7. The highest BCUT2D eigenvalue weighted by atomic mass is 16.2. The average Bonchev–Trinajstić information content (AvgIpc) is 2.61. The van der Waals surface area contributed by atoms with Gasteiger partial charge in [-0.1, -0.05) is 0 Å². The summed E-state index contributed by atoms with van der Waals surface area (Å²) in [6, 6.07) is 1.41. The van der Waals surface area contributed by atoms with E-state index in [9.17, 15) is 9.59 Å². The molecule has 0 spiro atoms. The molecule has 2 aromatic heterocycles. The molecule has 0 aliphatic carbocycles. The fourth-order valence-corrected chi connectivity index (χ4v) is 1.52. The Bertz CT molecular complexity index is 596. The highest BCUT2D eigenvalue weighted by molar-refractivity contribution is 5.99. The average molecular weight is 220 g/mol. The minimum atomic E-state index is -0.237. The molecule has 0 unspecified atom stereocenters. The van der Waals surface area contributed by atoms with E-state index >= 15 is 0 Å². The SMILES string of the molecule is CCNC(=O)c1c[nH]n2c(=O)cc(C)nc12. The second kappa shape index (κ2) is 3.80. The van der Waals surface area contributed by atoms with Crippen LogP contribution in [0.2, 0.25) is 0 Å². The Morgan fingerprint density at radius 3 is 3.06 bits per heavy atom. The number of amides is 1. The lowest BCUT2D eigenvalue weighted by Gasteiger charge is -1.99. The van der Waals surface area contributed by atoms with Crippen LogP contribution in [0.4, 0.5) is 0 Å². The Morgan fingerprint density at radius 2 is 2.38 bits per heavy atom. The van der Waals surface area contributed by atoms with Crippen LogP contribution in [-0.4, -0.2) is 27.0 Å². The zero-order valence-electron chi connectivity index (χ0n) is 9.07. The summed E-state index contributed by atoms with van der Waals surface area (Å²) in [5.41, 5.74) is 1.10. The molecule has 2 rings (SSSR count). The minimum absolute atomic E-state index is 0.224. The molecular formula is C10H12N4O2. The number of rotatable bonds is 2. The molecule has 0 saturated heterocycles. The summed E-state index contributed by atoms with van der Waals surface area (Å²) in [6.07, 6.45) is 1.48. The summed E-state index contributed by atoms with van der Waals surface area (Å²) in [6.45, 7) is 4.08. The Hall–Kier alpha value is -2.11. The van der Waals surface area contributed by atoms with E-state index in [0.29, 0.717) is 23.4 Å². The number of aromatic amines is 1. The van der Waals surface area contributed by atoms with Gasteiger partial charge >= 0.3 is 0 Å². The van der Waals surface area contributed by atoms with Crippen LogP contribution in [0.25, 0.3) is 5.65 Å². The lowest BCUT2D eigenvalue weighted by molar-refractivity contribution is 0.0957. The van der Waals surface area contributed by atoms with Gasteiger partial charge in [0.15, 0.2) is 5.65 Å². The van der Waals surface area contributed by atoms with Crippen LogP contribution in [-0.2, 0) is 0 Å². The van der Waals surface area contributed by atoms with E-state index in [1.165, 1.54) is 16.8 Å². The zero-order chi connectivity index (χ0) is 11.7. The van der Waals surface area contributed by atoms with Gasteiger partial charge in [-0.3, -0.25) is 14.7 Å². The summed E-state index contributed by atoms with van der Waals surface area (Å²) in [5, 5.41) is 5.37. The van der Waals surface area contributed by atoms with Crippen molar-refractivity contribution >= 4 is 11.6 Å². The van der Waals surface area contributed by atoms with E-state index in [0.717, 1.165) is 0 Å². The number of nitrogens with zero attached hydrogens (tertiary/aromatic N) is 2. The largest absolute Gasteiger partial charge is 0.352 e. The van der Waals surface area contributed by atoms with E-state index in [-0.39, 0.29) is 11.5 Å². The van der Waals surface area contributed by atoms with Crippen LogP contribution in [0.15, 0.2) is 17.1 Å². The van der Waals surface area contributed by atoms with Crippen LogP contribution in [0.3, 0.4) is 0 Å². The molecule has 0 aromatic carbocycles. The number of carbonyl (C=O) groups excluding carboxylic acids is 1. The molecule has 1 amide bonds. The second-order valence-electron chi connectivity index (χ2n) is 3.44. The van der Waals surface area contributed by atoms with E-state index in [1.807, 2.05) is 6.92 Å². The second-order valence-corrected chi connectivity index (χ2v) is 3.44. The maximum Gasteiger partial charge on any atom is 0.272 e. The standard InChI is InChI=1S/C10H12N4O2/c1-3-11-10(16)7-5-12-14-8(15)4-6(2)13-9(7)14/h4-5,12H,3H2,1-2H3,(H,11,16). The van der Waals surface area contributed by atoms with Gasteiger partial charge in [-0.15, -0.1) is 0 Å². The van der Waals surface area contributed by atoms with Crippen molar-refractivity contribution in [3.63, 3.8) is 0 Å². The van der Waals surface area contributed by atoms with Crippen molar-refractivity contribution in [2.75, 3.05) is 6.54 Å². The predicted octanol–water partition coefficient (Wildman–Crippen LogP) is 0.0807. The number of hydrogen-bond donors (Lipinski definition) is 2. The van der Waals surface area contributed by atoms with Crippen LogP contribution < -0.4 is 10.9 Å². The smallest absolute Gasteiger partial charge is 0.272 e. The molecule has 84 valence electrons. The van der Waals surface area contributed by atoms with Crippen molar-refractivity contribution in [3.8, 4) is 0 Å². The first-order chi connectivity index (χ1) is 7.63. The van der Waals surface area contributed by atoms with E-state index in [1.54, 1.807) is 6.92 Å². The first kappa shape index (κ1) is 10.4. The third-order valence-corrected chi connectivity index (χ3v) is 2.21. The molecule has 6 nitrogen and oxygen atoms in total. The van der Waals surface area contributed by atoms with Gasteiger partial charge in [-0.25, -0.2) is 9.50 Å². The fraction of sp³-hybridized carbons (Fsp3) is 0.300. The minimum Gasteiger partial charge on any atom is -0.352 e. The van der Waals surface area contributed by atoms with Gasteiger partial charge in [0.25, 0.3) is 11.5 Å². The van der Waals surface area contributed by atoms with Crippen molar-refractivity contribution in [2.24, 2.45) is 0 Å². The summed E-state index contributed by atoms with van der Waals surface area (Å²) in [5.74, 6) is -0.237. The van der Waals surface area contributed by atoms with Gasteiger partial charge in [0.1, 0.15) is 5.56 Å². The molecule has 0 atom stereocenters. The molecule has 0 aliphatic heterocycles. The molecule has 0 radical (unpaired) electrons. The third kappa shape index (κ3) is 1.58. The molecular weight excluding hydrogens is 208 g/mol. The van der Waals surface area contributed by atoms with Gasteiger partial charge in [0, 0.05) is 24.5 Å². The number of H-pyrrole nitrogens is 1. The summed E-state index contributed by atoms with van der Waals surface area (Å²) in [7, 11) is 0. The number of nitrogens with one attached hydrogen (secondary N) is 2. The lowest BCUT2D eigenvalue weighted by atomic mass is 10.3. The highest BCUT2D eigenvalue weighted by Crippen LogP contribution is 2.05. The first-order valence-corrected chi connectivity index (χ1v) is 4.99. The number of aromatic nitrogens is 3. The van der Waals surface area contributed by atoms with Crippen LogP contribution >= 0.6 is 0 Å². The van der Waals surface area contributed by atoms with E-state index in [2.05, 4.69) is 15.4 Å². The molecule has 16 heavy (non-hydrogen) atoms. The molecule has 0 saturated carbocycles. The van der Waals surface area contributed by atoms with E-state index in [4.69, 9.17) is 0 Å². The van der Waals surface area contributed by atoms with Crippen molar-refractivity contribution in [3.05, 3.63) is 33.9 Å². The zero-order valence-corrected chi connectivity index (χ0v) is 9.07. The number of aryl methyl sites for hydroxylation is 1. The molecule has 0 aliphatic rings. The van der Waals surface area contributed by atoms with E-state index < -0.39 is 0 Å². The summed E-state index contributed by atoms with van der Waals surface area (Å²) >= 11 is 0. The quantitative estimate of drug-likeness (QED) is 0.752. The van der Waals surface area contributed by atoms with Gasteiger partial charge in [0.2, 0.25) is 0 Å². The topological polar surface area (TPSA) is 79.3 Å². The molecule has 0 bridgehead atoms. The molecule has 6 heteroatoms. The number of fused-ring (bicyclic) bond motifs is 1. The molecule has 2 heterocycles. The van der Waals surface area contributed by atoms with Gasteiger partial charge in [0.05, 0.1) is 0 Å². The third-order valence-electron chi connectivity index (χ3n) is 2.21. The first-order valence-electron chi connectivity index (χ1n) is 4.99. The molecule has 2 N–H and O–H groups in total. The highest BCUT2D eigenvalue weighted by Gasteiger charge is 2.13. The monoisotopic (exact) mass is 220 g/mol. The fourth-order valence-electron chi connectivity index (χ4n) is 1.52. The molecule has 2 aromatic rings. The van der Waals surface area contributed by atoms with Crippen LogP contribution in [0.5, 0.6) is 0 Å². The van der Waals surface area contributed by atoms with Gasteiger partial charge in [-0.2, -0.15) is 0 Å². The summed E-state index contributed by atoms with van der Waals surface area (Å²) < 4.78 is 1.25. The Labute approximate surface area is 91.3 Å². The Kier molecular flexibility index (Phi) is 2.47. The van der Waals surface area contributed by atoms with Crippen LogP contribution in [0, 0.1) is 6.92 Å². The Balaban J connectivity index is 2.64. The number of carbonyl (C=O) groups is 1. The lowest BCUT2D eigenvalue weighted by Crippen LogP contribution is -2.23. The predicted molar refractivity (Wildman–Crippen MR) is 58.6 cm³/mol. The van der Waals surface area contributed by atoms with Gasteiger partial charge < -0.3 is 5.32 Å². The van der Waals surface area contributed by atoms with Crippen molar-refractivity contribution in [1.29, 1.82) is 0 Å². The Morgan fingerprint density at radius 1 is 1.62 bits per heavy atom. The van der Waals surface area contributed by atoms with Crippen molar-refractivity contribution in [1.82, 2.24) is 19.9 Å². The van der Waals surface area contributed by atoms with Crippen molar-refractivity contribution in [2.45, 2.75) is 13.8 Å². The normalized spacial score (nSPS) is 10.6. The van der Waals surface area contributed by atoms with Crippen LogP contribution in [0.1, 0.15) is 23.0 Å². The maximum atomic E-state index is 11.7. The number of hydrogen-bond acceptors (Lipinski definition) is 3. The summed E-state index contributed by atoms with van der Waals surface area (Å²) in [4.78, 5) is 27.4.